The van der Waals surface area contributed by atoms with E-state index in [0.717, 1.165) is 29.8 Å². The summed E-state index contributed by atoms with van der Waals surface area (Å²) >= 11 is 0. The van der Waals surface area contributed by atoms with Crippen molar-refractivity contribution in [1.29, 1.82) is 0 Å². The highest BCUT2D eigenvalue weighted by Gasteiger charge is 2.17. The van der Waals surface area contributed by atoms with E-state index in [1.807, 2.05) is 56.2 Å². The first kappa shape index (κ1) is 26.4. The summed E-state index contributed by atoms with van der Waals surface area (Å²) in [6.45, 7) is 5.16. The fraction of sp³-hybridized carbons (Fsp3) is 0.259. The molecule has 0 aliphatic carbocycles. The molecule has 3 heterocycles. The summed E-state index contributed by atoms with van der Waals surface area (Å²) in [6.07, 6.45) is 4.80. The minimum absolute atomic E-state index is 0.314. The summed E-state index contributed by atoms with van der Waals surface area (Å²) < 4.78 is 12.8. The normalized spacial score (nSPS) is 10.9. The predicted molar refractivity (Wildman–Crippen MR) is 150 cm³/mol. The summed E-state index contributed by atoms with van der Waals surface area (Å²) in [6, 6.07) is 11.1. The largest absolute Gasteiger partial charge is 0.494 e. The van der Waals surface area contributed by atoms with Crippen LogP contribution in [-0.4, -0.2) is 78.8 Å². The number of fused-ring (bicyclic) bond motifs is 1. The van der Waals surface area contributed by atoms with E-state index in [1.165, 1.54) is 6.08 Å². The van der Waals surface area contributed by atoms with Crippen LogP contribution in [0, 0.1) is 0 Å². The van der Waals surface area contributed by atoms with Crippen molar-refractivity contribution in [3.8, 4) is 17.4 Å². The number of likely N-dealkylation sites (N-methyl/N-ethyl adjacent to an activating group) is 2. The van der Waals surface area contributed by atoms with E-state index in [0.29, 0.717) is 34.8 Å². The number of hydrogen-bond acceptors (Lipinski definition) is 9. The molecule has 0 aliphatic heterocycles. The highest BCUT2D eigenvalue weighted by molar-refractivity contribution is 6.02. The number of benzene rings is 1. The molecule has 1 aromatic carbocycles. The second kappa shape index (κ2) is 11.6. The number of anilines is 4. The van der Waals surface area contributed by atoms with Crippen molar-refractivity contribution in [3.05, 3.63) is 61.4 Å². The van der Waals surface area contributed by atoms with Crippen LogP contribution in [0.3, 0.4) is 0 Å². The lowest BCUT2D eigenvalue weighted by Crippen LogP contribution is -2.29. The van der Waals surface area contributed by atoms with Gasteiger partial charge in [0.15, 0.2) is 0 Å². The van der Waals surface area contributed by atoms with Gasteiger partial charge in [0.1, 0.15) is 11.6 Å². The molecule has 0 saturated carbocycles. The molecular formula is C27H32N8O3. The van der Waals surface area contributed by atoms with Crippen molar-refractivity contribution >= 4 is 40.0 Å². The number of amides is 1. The molecule has 0 spiro atoms. The lowest BCUT2D eigenvalue weighted by atomic mass is 10.2. The van der Waals surface area contributed by atoms with Crippen LogP contribution < -0.4 is 25.0 Å². The first-order valence-corrected chi connectivity index (χ1v) is 12.0. The van der Waals surface area contributed by atoms with E-state index in [4.69, 9.17) is 14.5 Å². The third-order valence-electron chi connectivity index (χ3n) is 5.92. The molecule has 11 heteroatoms. The maximum Gasteiger partial charge on any atom is 0.247 e. The van der Waals surface area contributed by atoms with Crippen molar-refractivity contribution in [2.24, 2.45) is 0 Å². The Morgan fingerprint density at radius 1 is 1.05 bits per heavy atom. The van der Waals surface area contributed by atoms with Gasteiger partial charge in [0.2, 0.25) is 17.7 Å². The Balaban J connectivity index is 1.68. The molecule has 0 bridgehead atoms. The predicted octanol–water partition coefficient (Wildman–Crippen LogP) is 3.70. The molecule has 38 heavy (non-hydrogen) atoms. The second-order valence-electron chi connectivity index (χ2n) is 8.80. The zero-order valence-corrected chi connectivity index (χ0v) is 22.2. The van der Waals surface area contributed by atoms with Crippen LogP contribution in [0.2, 0.25) is 0 Å². The van der Waals surface area contributed by atoms with Crippen LogP contribution in [0.4, 0.5) is 23.0 Å². The van der Waals surface area contributed by atoms with Gasteiger partial charge in [0, 0.05) is 44.7 Å². The van der Waals surface area contributed by atoms with E-state index in [9.17, 15) is 4.79 Å². The molecule has 4 rings (SSSR count). The van der Waals surface area contributed by atoms with Gasteiger partial charge in [0.25, 0.3) is 0 Å². The van der Waals surface area contributed by atoms with Crippen LogP contribution in [0.1, 0.15) is 0 Å². The van der Waals surface area contributed by atoms with Crippen molar-refractivity contribution < 1.29 is 14.3 Å². The number of pyridine rings is 1. The SMILES string of the molecule is C=CC(=O)Nc1cc(Nc2nccc(-n3ccc4nc(OC)ccc43)n2)c(OC)cc1N(C)CCN(C)C. The summed E-state index contributed by atoms with van der Waals surface area (Å²) in [7, 11) is 9.17. The fourth-order valence-corrected chi connectivity index (χ4v) is 3.88. The van der Waals surface area contributed by atoms with E-state index in [1.54, 1.807) is 32.5 Å². The quantitative estimate of drug-likeness (QED) is 0.288. The highest BCUT2D eigenvalue weighted by Crippen LogP contribution is 2.38. The van der Waals surface area contributed by atoms with Crippen LogP contribution in [0.15, 0.2) is 61.4 Å². The first-order chi connectivity index (χ1) is 18.3. The first-order valence-electron chi connectivity index (χ1n) is 12.0. The topological polar surface area (TPSA) is 110 Å². The van der Waals surface area contributed by atoms with Crippen molar-refractivity contribution in [2.45, 2.75) is 0 Å². The molecule has 0 atom stereocenters. The number of carbonyl (C=O) groups excluding carboxylic acids is 1. The van der Waals surface area contributed by atoms with Gasteiger partial charge in [-0.3, -0.25) is 9.36 Å². The average molecular weight is 517 g/mol. The zero-order chi connectivity index (χ0) is 27.2. The highest BCUT2D eigenvalue weighted by atomic mass is 16.5. The fourth-order valence-electron chi connectivity index (χ4n) is 3.88. The summed E-state index contributed by atoms with van der Waals surface area (Å²) in [5.74, 6) is 1.82. The summed E-state index contributed by atoms with van der Waals surface area (Å²) in [5, 5.41) is 6.14. The van der Waals surface area contributed by atoms with Crippen LogP contribution in [0.5, 0.6) is 11.6 Å². The smallest absolute Gasteiger partial charge is 0.247 e. The minimum Gasteiger partial charge on any atom is -0.494 e. The third kappa shape index (κ3) is 5.84. The van der Waals surface area contributed by atoms with Crippen molar-refractivity contribution in [2.75, 3.05) is 64.0 Å². The number of ether oxygens (including phenoxy) is 2. The van der Waals surface area contributed by atoms with Gasteiger partial charge in [-0.05, 0) is 44.4 Å². The Bertz CT molecular complexity index is 1450. The van der Waals surface area contributed by atoms with E-state index in [-0.39, 0.29) is 5.91 Å². The Morgan fingerprint density at radius 2 is 1.87 bits per heavy atom. The molecule has 3 aromatic heterocycles. The van der Waals surface area contributed by atoms with E-state index >= 15 is 0 Å². The third-order valence-corrected chi connectivity index (χ3v) is 5.92. The van der Waals surface area contributed by atoms with E-state index in [2.05, 4.69) is 37.0 Å². The number of nitrogens with zero attached hydrogens (tertiary/aromatic N) is 6. The standard InChI is InChI=1S/C27H32N8O3/c1-7-25(36)29-19-16-20(23(37-5)17-22(19)34(4)15-14-33(2)3)31-27-28-12-10-24(32-27)35-13-11-18-21(35)8-9-26(30-18)38-6/h7-13,16-17H,1,14-15H2,2-6H3,(H,29,36)(H,28,31,32). The Labute approximate surface area is 221 Å². The molecule has 2 N–H and O–H groups in total. The number of carbonyl (C=O) groups is 1. The van der Waals surface area contributed by atoms with Gasteiger partial charge < -0.3 is 29.9 Å². The van der Waals surface area contributed by atoms with Crippen molar-refractivity contribution in [3.63, 3.8) is 0 Å². The van der Waals surface area contributed by atoms with Crippen molar-refractivity contribution in [1.82, 2.24) is 24.4 Å². The molecule has 4 aromatic rings. The molecule has 0 saturated heterocycles. The molecule has 198 valence electrons. The lowest BCUT2D eigenvalue weighted by Gasteiger charge is -2.26. The Morgan fingerprint density at radius 3 is 2.58 bits per heavy atom. The van der Waals surface area contributed by atoms with Gasteiger partial charge >= 0.3 is 0 Å². The lowest BCUT2D eigenvalue weighted by molar-refractivity contribution is -0.111. The number of rotatable bonds is 11. The zero-order valence-electron chi connectivity index (χ0n) is 22.2. The molecule has 0 fully saturated rings. The molecular weight excluding hydrogens is 484 g/mol. The summed E-state index contributed by atoms with van der Waals surface area (Å²) in [5.41, 5.74) is 3.67. The maximum atomic E-state index is 12.2. The monoisotopic (exact) mass is 516 g/mol. The number of methoxy groups -OCH3 is 2. The van der Waals surface area contributed by atoms with Gasteiger partial charge in [-0.1, -0.05) is 6.58 Å². The van der Waals surface area contributed by atoms with Crippen LogP contribution in [0.25, 0.3) is 16.9 Å². The van der Waals surface area contributed by atoms with Crippen LogP contribution >= 0.6 is 0 Å². The summed E-state index contributed by atoms with van der Waals surface area (Å²) in [4.78, 5) is 29.9. The maximum absolute atomic E-state index is 12.2. The molecule has 11 nitrogen and oxygen atoms in total. The number of nitrogens with one attached hydrogen (secondary N) is 2. The van der Waals surface area contributed by atoms with E-state index < -0.39 is 0 Å². The van der Waals surface area contributed by atoms with Crippen LogP contribution in [-0.2, 0) is 4.79 Å². The average Bonchev–Trinajstić information content (AvgIpc) is 3.35. The molecule has 1 amide bonds. The molecule has 0 radical (unpaired) electrons. The Kier molecular flexibility index (Phi) is 8.07. The second-order valence-corrected chi connectivity index (χ2v) is 8.80. The number of aromatic nitrogens is 4. The Hall–Kier alpha value is -4.64. The van der Waals surface area contributed by atoms with Gasteiger partial charge in [-0.15, -0.1) is 0 Å². The van der Waals surface area contributed by atoms with Gasteiger partial charge in [-0.2, -0.15) is 4.98 Å². The van der Waals surface area contributed by atoms with Gasteiger partial charge in [-0.25, -0.2) is 9.97 Å². The number of hydrogen-bond donors (Lipinski definition) is 2. The van der Waals surface area contributed by atoms with Gasteiger partial charge in [0.05, 0.1) is 42.3 Å². The molecule has 0 unspecified atom stereocenters. The minimum atomic E-state index is -0.314. The molecule has 0 aliphatic rings.